The number of piperidine rings is 1. The van der Waals surface area contributed by atoms with Crippen LogP contribution in [0.1, 0.15) is 75.1 Å². The average molecular weight is 546 g/mol. The van der Waals surface area contributed by atoms with Gasteiger partial charge < -0.3 is 10.1 Å². The van der Waals surface area contributed by atoms with Gasteiger partial charge in [-0.1, -0.05) is 24.3 Å². The molecule has 2 fully saturated rings. The molecule has 2 heterocycles. The van der Waals surface area contributed by atoms with Gasteiger partial charge >= 0.3 is 0 Å². The number of hydrogen-bond donors (Lipinski definition) is 2. The van der Waals surface area contributed by atoms with E-state index in [1.807, 2.05) is 36.4 Å². The van der Waals surface area contributed by atoms with Crippen LogP contribution in [0.3, 0.4) is 0 Å². The Bertz CT molecular complexity index is 1280. The van der Waals surface area contributed by atoms with Crippen LogP contribution in [0.4, 0.5) is 0 Å². The Labute approximate surface area is 235 Å². The number of carbonyl (C=O) groups excluding carboxylic acids is 4. The average Bonchev–Trinajstić information content (AvgIpc) is 2.96. The van der Waals surface area contributed by atoms with Crippen molar-refractivity contribution >= 4 is 23.5 Å². The highest BCUT2D eigenvalue weighted by Gasteiger charge is 2.31. The van der Waals surface area contributed by atoms with E-state index in [4.69, 9.17) is 4.74 Å². The second-order valence-electron chi connectivity index (χ2n) is 11.3. The van der Waals surface area contributed by atoms with Crippen LogP contribution in [0.2, 0.25) is 0 Å². The van der Waals surface area contributed by atoms with Crippen LogP contribution in [-0.2, 0) is 33.7 Å². The smallest absolute Gasteiger partial charge is 0.251 e. The maximum atomic E-state index is 13.2. The molecule has 2 atom stereocenters. The summed E-state index contributed by atoms with van der Waals surface area (Å²) in [6.07, 6.45) is 4.68. The number of amides is 3. The van der Waals surface area contributed by atoms with E-state index in [1.165, 1.54) is 11.1 Å². The van der Waals surface area contributed by atoms with Gasteiger partial charge in [-0.3, -0.25) is 29.4 Å². The number of hydrogen-bond acceptors (Lipinski definition) is 6. The first-order valence-corrected chi connectivity index (χ1v) is 14.5. The van der Waals surface area contributed by atoms with Crippen molar-refractivity contribution < 1.29 is 23.9 Å². The van der Waals surface area contributed by atoms with Crippen molar-refractivity contribution in [3.63, 3.8) is 0 Å². The Morgan fingerprint density at radius 2 is 1.77 bits per heavy atom. The van der Waals surface area contributed by atoms with Crippen molar-refractivity contribution in [3.05, 3.63) is 69.8 Å². The minimum absolute atomic E-state index is 0.0949. The van der Waals surface area contributed by atoms with Gasteiger partial charge in [0, 0.05) is 55.6 Å². The lowest BCUT2D eigenvalue weighted by Crippen LogP contribution is -2.41. The number of imide groups is 1. The second kappa shape index (κ2) is 12.9. The fourth-order valence-electron chi connectivity index (χ4n) is 6.05. The SMILES string of the molecule is Cc1ccc(C(=O)NCc2ccc3c(c2)CCC(CCC2CCC(=O)NC2=O)C3=O)cc1CCN1CCOCC1. The molecule has 8 nitrogen and oxygen atoms in total. The topological polar surface area (TPSA) is 105 Å². The molecule has 0 radical (unpaired) electrons. The molecule has 2 aromatic carbocycles. The van der Waals surface area contributed by atoms with Gasteiger partial charge in [0.05, 0.1) is 13.2 Å². The quantitative estimate of drug-likeness (QED) is 0.468. The maximum Gasteiger partial charge on any atom is 0.251 e. The van der Waals surface area contributed by atoms with Gasteiger partial charge in [0.15, 0.2) is 5.78 Å². The molecule has 8 heteroatoms. The number of benzene rings is 2. The molecule has 212 valence electrons. The lowest BCUT2D eigenvalue weighted by atomic mass is 9.78. The summed E-state index contributed by atoms with van der Waals surface area (Å²) in [7, 11) is 0. The third-order valence-corrected chi connectivity index (χ3v) is 8.65. The van der Waals surface area contributed by atoms with Crippen LogP contribution in [0, 0.1) is 18.8 Å². The number of Topliss-reactive ketones (excluding diaryl/α,β-unsaturated/α-hetero) is 1. The summed E-state index contributed by atoms with van der Waals surface area (Å²) < 4.78 is 5.43. The molecular formula is C32H39N3O5. The van der Waals surface area contributed by atoms with E-state index in [-0.39, 0.29) is 35.3 Å². The van der Waals surface area contributed by atoms with Crippen LogP contribution in [-0.4, -0.2) is 61.3 Å². The fourth-order valence-corrected chi connectivity index (χ4v) is 6.05. The van der Waals surface area contributed by atoms with Crippen LogP contribution >= 0.6 is 0 Å². The lowest BCUT2D eigenvalue weighted by molar-refractivity contribution is -0.136. The Morgan fingerprint density at radius 3 is 2.58 bits per heavy atom. The zero-order chi connectivity index (χ0) is 28.1. The number of morpholine rings is 1. The molecule has 3 aliphatic rings. The minimum Gasteiger partial charge on any atom is -0.379 e. The Kier molecular flexibility index (Phi) is 9.07. The molecule has 0 spiro atoms. The maximum absolute atomic E-state index is 13.2. The van der Waals surface area contributed by atoms with Crippen LogP contribution in [0.5, 0.6) is 0 Å². The molecule has 2 aliphatic heterocycles. The van der Waals surface area contributed by atoms with Crippen LogP contribution in [0.15, 0.2) is 36.4 Å². The van der Waals surface area contributed by atoms with Crippen LogP contribution in [0.25, 0.3) is 0 Å². The van der Waals surface area contributed by atoms with E-state index >= 15 is 0 Å². The number of ether oxygens (including phenoxy) is 1. The number of fused-ring (bicyclic) bond motifs is 1. The molecule has 0 saturated carbocycles. The number of carbonyl (C=O) groups is 4. The van der Waals surface area contributed by atoms with Gasteiger partial charge in [-0.2, -0.15) is 0 Å². The first kappa shape index (κ1) is 28.2. The highest BCUT2D eigenvalue weighted by Crippen LogP contribution is 2.31. The Hall–Kier alpha value is -3.36. The highest BCUT2D eigenvalue weighted by atomic mass is 16.5. The summed E-state index contributed by atoms with van der Waals surface area (Å²) in [4.78, 5) is 52.0. The molecule has 2 N–H and O–H groups in total. The Morgan fingerprint density at radius 1 is 1.00 bits per heavy atom. The first-order valence-electron chi connectivity index (χ1n) is 14.5. The molecule has 1 aliphatic carbocycles. The monoisotopic (exact) mass is 545 g/mol. The molecule has 2 unspecified atom stereocenters. The lowest BCUT2D eigenvalue weighted by Gasteiger charge is -2.26. The molecule has 5 rings (SSSR count). The molecule has 40 heavy (non-hydrogen) atoms. The van der Waals surface area contributed by atoms with E-state index in [0.29, 0.717) is 37.8 Å². The third kappa shape index (κ3) is 6.85. The van der Waals surface area contributed by atoms with E-state index in [2.05, 4.69) is 22.5 Å². The molecule has 0 aromatic heterocycles. The predicted octanol–water partition coefficient (Wildman–Crippen LogP) is 3.38. The van der Waals surface area contributed by atoms with Crippen molar-refractivity contribution in [1.82, 2.24) is 15.5 Å². The summed E-state index contributed by atoms with van der Waals surface area (Å²) in [6, 6.07) is 11.7. The van der Waals surface area contributed by atoms with Gasteiger partial charge in [0.1, 0.15) is 0 Å². The Balaban J connectivity index is 1.13. The van der Waals surface area contributed by atoms with Crippen molar-refractivity contribution in [2.75, 3.05) is 32.8 Å². The van der Waals surface area contributed by atoms with Gasteiger partial charge in [-0.05, 0) is 79.8 Å². The zero-order valence-electron chi connectivity index (χ0n) is 23.3. The van der Waals surface area contributed by atoms with Gasteiger partial charge in [0.25, 0.3) is 5.91 Å². The van der Waals surface area contributed by atoms with Crippen molar-refractivity contribution in [2.24, 2.45) is 11.8 Å². The summed E-state index contributed by atoms with van der Waals surface area (Å²) in [5.74, 6) is -0.668. The summed E-state index contributed by atoms with van der Waals surface area (Å²) >= 11 is 0. The minimum atomic E-state index is -0.209. The fraction of sp³-hybridized carbons (Fsp3) is 0.500. The van der Waals surface area contributed by atoms with Crippen LogP contribution < -0.4 is 10.6 Å². The normalized spacial score (nSPS) is 21.6. The first-order chi connectivity index (χ1) is 19.4. The van der Waals surface area contributed by atoms with Gasteiger partial charge in [0.2, 0.25) is 11.8 Å². The second-order valence-corrected chi connectivity index (χ2v) is 11.3. The summed E-state index contributed by atoms with van der Waals surface area (Å²) in [6.45, 7) is 6.91. The molecule has 2 saturated heterocycles. The molecule has 3 amide bonds. The van der Waals surface area contributed by atoms with E-state index < -0.39 is 0 Å². The number of rotatable bonds is 9. The molecular weight excluding hydrogens is 506 g/mol. The number of nitrogens with one attached hydrogen (secondary N) is 2. The molecule has 0 bridgehead atoms. The van der Waals surface area contributed by atoms with Crippen molar-refractivity contribution in [2.45, 2.75) is 58.4 Å². The number of ketones is 1. The van der Waals surface area contributed by atoms with Crippen molar-refractivity contribution in [3.8, 4) is 0 Å². The zero-order valence-corrected chi connectivity index (χ0v) is 23.3. The summed E-state index contributed by atoms with van der Waals surface area (Å²) in [5.41, 5.74) is 5.79. The van der Waals surface area contributed by atoms with Gasteiger partial charge in [-0.15, -0.1) is 0 Å². The van der Waals surface area contributed by atoms with E-state index in [0.717, 1.165) is 68.8 Å². The largest absolute Gasteiger partial charge is 0.379 e. The van der Waals surface area contributed by atoms with E-state index in [9.17, 15) is 19.2 Å². The molecule has 2 aromatic rings. The van der Waals surface area contributed by atoms with Crippen molar-refractivity contribution in [1.29, 1.82) is 0 Å². The van der Waals surface area contributed by atoms with E-state index in [1.54, 1.807) is 0 Å². The third-order valence-electron chi connectivity index (χ3n) is 8.65. The number of nitrogens with zero attached hydrogens (tertiary/aromatic N) is 1. The summed E-state index contributed by atoms with van der Waals surface area (Å²) in [5, 5.41) is 5.45. The number of aryl methyl sites for hydroxylation is 2. The standard InChI is InChI=1S/C32H39N3O5/c1-21-2-4-27(19-25(21)12-13-35-14-16-40-17-15-35)31(38)33-20-22-3-10-28-26(18-22)8-6-23(30(28)37)5-7-24-9-11-29(36)34-32(24)39/h2-4,10,18-19,23-24H,5-9,11-17,20H2,1H3,(H,33,38)(H,34,36,39). The van der Waals surface area contributed by atoms with Gasteiger partial charge in [-0.25, -0.2) is 0 Å². The highest BCUT2D eigenvalue weighted by molar-refractivity contribution is 6.01. The predicted molar refractivity (Wildman–Crippen MR) is 151 cm³/mol.